The molecule has 0 unspecified atom stereocenters. The van der Waals surface area contributed by atoms with Crippen molar-refractivity contribution in [3.05, 3.63) is 30.1 Å². The maximum Gasteiger partial charge on any atom is 0.325 e. The Balaban J connectivity index is 3.02. The molecule has 0 saturated heterocycles. The highest BCUT2D eigenvalue weighted by Gasteiger charge is 2.24. The Kier molecular flexibility index (Phi) is 5.65. The number of carboxylic acid groups (broad SMARTS) is 1. The molecule has 114 valence electrons. The van der Waals surface area contributed by atoms with Gasteiger partial charge in [-0.05, 0) is 25.1 Å². The molecule has 0 bridgehead atoms. The number of halogens is 1. The van der Waals surface area contributed by atoms with Crippen LogP contribution >= 0.6 is 0 Å². The third-order valence-corrected chi connectivity index (χ3v) is 2.61. The summed E-state index contributed by atoms with van der Waals surface area (Å²) in [5, 5.41) is 8.79. The van der Waals surface area contributed by atoms with Gasteiger partial charge in [0, 0.05) is 12.2 Å². The number of nitrogens with zero attached hydrogens (tertiary/aromatic N) is 2. The van der Waals surface area contributed by atoms with Gasteiger partial charge in [0.05, 0.1) is 0 Å². The largest absolute Gasteiger partial charge is 0.480 e. The predicted molar refractivity (Wildman–Crippen MR) is 73.2 cm³/mol. The number of primary amides is 1. The van der Waals surface area contributed by atoms with Crippen LogP contribution in [0.4, 0.5) is 14.9 Å². The fourth-order valence-electron chi connectivity index (χ4n) is 1.79. The van der Waals surface area contributed by atoms with Crippen molar-refractivity contribution in [1.29, 1.82) is 0 Å². The molecule has 7 nitrogen and oxygen atoms in total. The number of benzene rings is 1. The topological polar surface area (TPSA) is 104 Å². The first kappa shape index (κ1) is 16.4. The number of amides is 3. The van der Waals surface area contributed by atoms with Gasteiger partial charge in [0.2, 0.25) is 5.91 Å². The minimum Gasteiger partial charge on any atom is -0.480 e. The highest BCUT2D eigenvalue weighted by Crippen LogP contribution is 2.17. The molecule has 1 aromatic rings. The Labute approximate surface area is 120 Å². The zero-order chi connectivity index (χ0) is 16.0. The van der Waals surface area contributed by atoms with Crippen molar-refractivity contribution >= 4 is 23.6 Å². The summed E-state index contributed by atoms with van der Waals surface area (Å²) >= 11 is 0. The average Bonchev–Trinajstić information content (AvgIpc) is 2.37. The van der Waals surface area contributed by atoms with E-state index in [1.165, 1.54) is 18.2 Å². The first-order chi connectivity index (χ1) is 9.85. The lowest BCUT2D eigenvalue weighted by atomic mass is 10.3. The summed E-state index contributed by atoms with van der Waals surface area (Å²) in [5.41, 5.74) is 5.27. The van der Waals surface area contributed by atoms with Crippen molar-refractivity contribution in [2.75, 3.05) is 24.5 Å². The second kappa shape index (κ2) is 7.22. The van der Waals surface area contributed by atoms with E-state index in [0.717, 1.165) is 15.9 Å². The fraction of sp³-hybridized carbons (Fsp3) is 0.308. The molecular formula is C13H16FN3O4. The highest BCUT2D eigenvalue weighted by atomic mass is 19.1. The molecule has 0 aliphatic heterocycles. The van der Waals surface area contributed by atoms with Gasteiger partial charge >= 0.3 is 12.0 Å². The number of hydrogen-bond donors (Lipinski definition) is 2. The molecule has 0 spiro atoms. The zero-order valence-corrected chi connectivity index (χ0v) is 11.5. The molecule has 1 rings (SSSR count). The summed E-state index contributed by atoms with van der Waals surface area (Å²) in [6, 6.07) is 4.57. The quantitative estimate of drug-likeness (QED) is 0.804. The maximum absolute atomic E-state index is 13.2. The molecule has 0 saturated carbocycles. The monoisotopic (exact) mass is 297 g/mol. The third kappa shape index (κ3) is 4.75. The minimum atomic E-state index is -1.28. The van der Waals surface area contributed by atoms with Gasteiger partial charge < -0.3 is 15.7 Å². The summed E-state index contributed by atoms with van der Waals surface area (Å²) in [5.74, 6) is -2.64. The van der Waals surface area contributed by atoms with Gasteiger partial charge in [0.15, 0.2) is 0 Å². The highest BCUT2D eigenvalue weighted by molar-refractivity contribution is 5.95. The van der Waals surface area contributed by atoms with Crippen LogP contribution in [0, 0.1) is 5.82 Å². The van der Waals surface area contributed by atoms with Gasteiger partial charge in [-0.2, -0.15) is 0 Å². The second-order valence-electron chi connectivity index (χ2n) is 4.22. The normalized spacial score (nSPS) is 10.0. The molecule has 3 N–H and O–H groups in total. The Hall–Kier alpha value is -2.64. The molecule has 3 amide bonds. The summed E-state index contributed by atoms with van der Waals surface area (Å²) < 4.78 is 13.2. The van der Waals surface area contributed by atoms with Crippen LogP contribution in [0.2, 0.25) is 0 Å². The van der Waals surface area contributed by atoms with E-state index in [1.54, 1.807) is 6.92 Å². The molecule has 0 aliphatic rings. The Morgan fingerprint density at radius 2 is 1.95 bits per heavy atom. The summed E-state index contributed by atoms with van der Waals surface area (Å²) in [6.07, 6.45) is 0. The van der Waals surface area contributed by atoms with E-state index in [0.29, 0.717) is 0 Å². The first-order valence-corrected chi connectivity index (χ1v) is 6.17. The number of carboxylic acids is 1. The van der Waals surface area contributed by atoms with Crippen LogP contribution in [0.1, 0.15) is 6.92 Å². The van der Waals surface area contributed by atoms with E-state index in [2.05, 4.69) is 0 Å². The summed E-state index contributed by atoms with van der Waals surface area (Å²) in [4.78, 5) is 36.0. The van der Waals surface area contributed by atoms with E-state index in [-0.39, 0.29) is 12.2 Å². The molecule has 8 heteroatoms. The summed E-state index contributed by atoms with van der Waals surface area (Å²) in [7, 11) is 0. The molecule has 0 aromatic heterocycles. The standard InChI is InChI=1S/C13H16FN3O4/c1-2-17(10-5-3-4-9(14)6-10)13(21)16(7-11(15)18)8-12(19)20/h3-6H,2,7-8H2,1H3,(H2,15,18)(H,19,20). The lowest BCUT2D eigenvalue weighted by molar-refractivity contribution is -0.137. The van der Waals surface area contributed by atoms with Crippen LogP contribution in [-0.2, 0) is 9.59 Å². The van der Waals surface area contributed by atoms with Crippen LogP contribution in [0.25, 0.3) is 0 Å². The number of nitrogens with two attached hydrogens (primary N) is 1. The van der Waals surface area contributed by atoms with Crippen LogP contribution in [-0.4, -0.2) is 47.5 Å². The molecule has 0 atom stereocenters. The number of aliphatic carboxylic acids is 1. The van der Waals surface area contributed by atoms with Gasteiger partial charge in [-0.15, -0.1) is 0 Å². The van der Waals surface area contributed by atoms with E-state index < -0.39 is 36.8 Å². The number of carbonyl (C=O) groups is 3. The van der Waals surface area contributed by atoms with Crippen molar-refractivity contribution in [2.24, 2.45) is 5.73 Å². The molecule has 1 aromatic carbocycles. The van der Waals surface area contributed by atoms with E-state index in [4.69, 9.17) is 10.8 Å². The lowest BCUT2D eigenvalue weighted by Crippen LogP contribution is -2.48. The molecule has 0 aliphatic carbocycles. The summed E-state index contributed by atoms with van der Waals surface area (Å²) in [6.45, 7) is 0.619. The molecule has 21 heavy (non-hydrogen) atoms. The number of carbonyl (C=O) groups excluding carboxylic acids is 2. The van der Waals surface area contributed by atoms with Crippen molar-refractivity contribution in [3.63, 3.8) is 0 Å². The SMILES string of the molecule is CCN(C(=O)N(CC(N)=O)CC(=O)O)c1cccc(F)c1. The Bertz CT molecular complexity index is 534. The van der Waals surface area contributed by atoms with Crippen LogP contribution in [0.3, 0.4) is 0 Å². The Morgan fingerprint density at radius 3 is 2.43 bits per heavy atom. The third-order valence-electron chi connectivity index (χ3n) is 2.61. The van der Waals surface area contributed by atoms with E-state index >= 15 is 0 Å². The smallest absolute Gasteiger partial charge is 0.325 e. The number of anilines is 1. The Morgan fingerprint density at radius 1 is 1.29 bits per heavy atom. The zero-order valence-electron chi connectivity index (χ0n) is 11.5. The minimum absolute atomic E-state index is 0.178. The first-order valence-electron chi connectivity index (χ1n) is 6.17. The van der Waals surface area contributed by atoms with Gasteiger partial charge in [-0.3, -0.25) is 14.5 Å². The van der Waals surface area contributed by atoms with Crippen molar-refractivity contribution < 1.29 is 23.9 Å². The number of urea groups is 1. The number of hydrogen-bond acceptors (Lipinski definition) is 3. The predicted octanol–water partition coefficient (Wildman–Crippen LogP) is 0.644. The van der Waals surface area contributed by atoms with Gasteiger partial charge in [-0.1, -0.05) is 6.07 Å². The van der Waals surface area contributed by atoms with Crippen LogP contribution in [0.15, 0.2) is 24.3 Å². The maximum atomic E-state index is 13.2. The lowest BCUT2D eigenvalue weighted by Gasteiger charge is -2.28. The number of rotatable bonds is 6. The molecular weight excluding hydrogens is 281 g/mol. The molecule has 0 radical (unpaired) electrons. The van der Waals surface area contributed by atoms with E-state index in [9.17, 15) is 18.8 Å². The van der Waals surface area contributed by atoms with Crippen molar-refractivity contribution in [1.82, 2.24) is 4.90 Å². The van der Waals surface area contributed by atoms with Crippen LogP contribution < -0.4 is 10.6 Å². The average molecular weight is 297 g/mol. The van der Waals surface area contributed by atoms with Gasteiger partial charge in [0.25, 0.3) is 0 Å². The molecule has 0 heterocycles. The van der Waals surface area contributed by atoms with Gasteiger partial charge in [-0.25, -0.2) is 9.18 Å². The van der Waals surface area contributed by atoms with Crippen molar-refractivity contribution in [2.45, 2.75) is 6.92 Å². The second-order valence-corrected chi connectivity index (χ2v) is 4.22. The molecule has 0 fully saturated rings. The van der Waals surface area contributed by atoms with Gasteiger partial charge in [0.1, 0.15) is 18.9 Å². The fourth-order valence-corrected chi connectivity index (χ4v) is 1.79. The van der Waals surface area contributed by atoms with Crippen molar-refractivity contribution in [3.8, 4) is 0 Å². The van der Waals surface area contributed by atoms with E-state index in [1.807, 2.05) is 0 Å². The van der Waals surface area contributed by atoms with Crippen LogP contribution in [0.5, 0.6) is 0 Å².